The topological polar surface area (TPSA) is 17.1 Å². The van der Waals surface area contributed by atoms with E-state index in [0.717, 1.165) is 18.3 Å². The zero-order valence-electron chi connectivity index (χ0n) is 7.55. The van der Waals surface area contributed by atoms with Crippen LogP contribution in [0.4, 0.5) is 0 Å². The van der Waals surface area contributed by atoms with Gasteiger partial charge in [0.05, 0.1) is 0 Å². The summed E-state index contributed by atoms with van der Waals surface area (Å²) < 4.78 is 0. The van der Waals surface area contributed by atoms with Gasteiger partial charge >= 0.3 is 0 Å². The predicted octanol–water partition coefficient (Wildman–Crippen LogP) is 2.26. The largest absolute Gasteiger partial charge is 0.300 e. The average molecular weight is 152 g/mol. The summed E-state index contributed by atoms with van der Waals surface area (Å²) >= 11 is 0. The fourth-order valence-electron chi connectivity index (χ4n) is 3.13. The molecule has 2 aliphatic rings. The lowest BCUT2D eigenvalue weighted by Gasteiger charge is -2.13. The van der Waals surface area contributed by atoms with Crippen LogP contribution in [0, 0.1) is 23.2 Å². The monoisotopic (exact) mass is 152 g/mol. The molecule has 2 aliphatic carbocycles. The summed E-state index contributed by atoms with van der Waals surface area (Å²) in [5.41, 5.74) is 0.495. The van der Waals surface area contributed by atoms with Gasteiger partial charge in [0.1, 0.15) is 5.78 Å². The van der Waals surface area contributed by atoms with Crippen molar-refractivity contribution in [2.24, 2.45) is 23.2 Å². The second-order valence-electron chi connectivity index (χ2n) is 4.75. The van der Waals surface area contributed by atoms with E-state index in [1.54, 1.807) is 6.92 Å². The number of carbonyl (C=O) groups is 1. The quantitative estimate of drug-likeness (QED) is 0.563. The first-order valence-electron chi connectivity index (χ1n) is 4.55. The molecular formula is C10H16O. The minimum Gasteiger partial charge on any atom is -0.300 e. The Morgan fingerprint density at radius 2 is 2.00 bits per heavy atom. The van der Waals surface area contributed by atoms with Crippen LogP contribution < -0.4 is 0 Å². The van der Waals surface area contributed by atoms with Crippen molar-refractivity contribution < 1.29 is 4.79 Å². The number of hydrogen-bond donors (Lipinski definition) is 0. The molecule has 2 rings (SSSR count). The van der Waals surface area contributed by atoms with Gasteiger partial charge < -0.3 is 0 Å². The zero-order valence-corrected chi connectivity index (χ0v) is 7.55. The number of hydrogen-bond acceptors (Lipinski definition) is 1. The highest BCUT2D eigenvalue weighted by Gasteiger charge is 2.64. The molecule has 0 saturated heterocycles. The van der Waals surface area contributed by atoms with Gasteiger partial charge in [-0.3, -0.25) is 4.79 Å². The van der Waals surface area contributed by atoms with Gasteiger partial charge in [-0.15, -0.1) is 0 Å². The molecular weight excluding hydrogens is 136 g/mol. The SMILES string of the molecule is CC(=O)C1CCC2C1C2(C)C. The van der Waals surface area contributed by atoms with Crippen molar-refractivity contribution >= 4 is 5.78 Å². The summed E-state index contributed by atoms with van der Waals surface area (Å²) in [6, 6.07) is 0. The highest BCUT2D eigenvalue weighted by molar-refractivity contribution is 5.79. The van der Waals surface area contributed by atoms with E-state index >= 15 is 0 Å². The molecule has 2 saturated carbocycles. The minimum atomic E-state index is 0.412. The van der Waals surface area contributed by atoms with Gasteiger partial charge in [0, 0.05) is 5.92 Å². The van der Waals surface area contributed by atoms with E-state index in [1.165, 1.54) is 6.42 Å². The standard InChI is InChI=1S/C10H16O/c1-6(11)7-4-5-8-9(7)10(8,2)3/h7-9H,4-5H2,1-3H3. The van der Waals surface area contributed by atoms with Gasteiger partial charge in [0.25, 0.3) is 0 Å². The molecule has 0 aliphatic heterocycles. The Kier molecular flexibility index (Phi) is 1.25. The molecule has 3 atom stereocenters. The van der Waals surface area contributed by atoms with Gasteiger partial charge in [-0.05, 0) is 37.0 Å². The molecule has 1 heteroatoms. The fraction of sp³-hybridized carbons (Fsp3) is 0.900. The number of carbonyl (C=O) groups excluding carboxylic acids is 1. The highest BCUT2D eigenvalue weighted by Crippen LogP contribution is 2.69. The molecule has 0 aromatic heterocycles. The van der Waals surface area contributed by atoms with Crippen LogP contribution in [-0.2, 0) is 4.79 Å². The molecule has 1 nitrogen and oxygen atoms in total. The highest BCUT2D eigenvalue weighted by atomic mass is 16.1. The van der Waals surface area contributed by atoms with Crippen molar-refractivity contribution in [3.63, 3.8) is 0 Å². The van der Waals surface area contributed by atoms with Crippen LogP contribution in [-0.4, -0.2) is 5.78 Å². The van der Waals surface area contributed by atoms with Gasteiger partial charge in [0.2, 0.25) is 0 Å². The Balaban J connectivity index is 2.13. The van der Waals surface area contributed by atoms with E-state index in [9.17, 15) is 4.79 Å². The molecule has 0 aromatic rings. The molecule has 0 heterocycles. The van der Waals surface area contributed by atoms with Crippen LogP contribution in [0.15, 0.2) is 0 Å². The molecule has 11 heavy (non-hydrogen) atoms. The first kappa shape index (κ1) is 7.33. The van der Waals surface area contributed by atoms with Crippen LogP contribution in [0.3, 0.4) is 0 Å². The van der Waals surface area contributed by atoms with E-state index in [1.807, 2.05) is 0 Å². The third kappa shape index (κ3) is 0.800. The number of fused-ring (bicyclic) bond motifs is 1. The second-order valence-corrected chi connectivity index (χ2v) is 4.75. The number of rotatable bonds is 1. The van der Waals surface area contributed by atoms with Gasteiger partial charge in [-0.2, -0.15) is 0 Å². The van der Waals surface area contributed by atoms with E-state index in [0.29, 0.717) is 17.1 Å². The van der Waals surface area contributed by atoms with Crippen LogP contribution in [0.5, 0.6) is 0 Å². The van der Waals surface area contributed by atoms with Gasteiger partial charge in [-0.25, -0.2) is 0 Å². The lowest BCUT2D eigenvalue weighted by molar-refractivity contribution is -0.121. The van der Waals surface area contributed by atoms with Crippen LogP contribution in [0.2, 0.25) is 0 Å². The molecule has 0 aromatic carbocycles. The lowest BCUT2D eigenvalue weighted by Crippen LogP contribution is -2.14. The molecule has 0 spiro atoms. The van der Waals surface area contributed by atoms with Crippen LogP contribution >= 0.6 is 0 Å². The summed E-state index contributed by atoms with van der Waals surface area (Å²) in [5.74, 6) is 2.44. The molecule has 0 bridgehead atoms. The van der Waals surface area contributed by atoms with E-state index in [-0.39, 0.29) is 0 Å². The maximum Gasteiger partial charge on any atom is 0.133 e. The average Bonchev–Trinajstić information content (AvgIpc) is 2.34. The van der Waals surface area contributed by atoms with Crippen molar-refractivity contribution in [1.29, 1.82) is 0 Å². The predicted molar refractivity (Wildman–Crippen MR) is 44.2 cm³/mol. The lowest BCUT2D eigenvalue weighted by atomic mass is 9.90. The first-order chi connectivity index (χ1) is 5.05. The molecule has 62 valence electrons. The Labute approximate surface area is 68.2 Å². The molecule has 0 radical (unpaired) electrons. The Hall–Kier alpha value is -0.330. The van der Waals surface area contributed by atoms with Crippen molar-refractivity contribution in [1.82, 2.24) is 0 Å². The van der Waals surface area contributed by atoms with Crippen LogP contribution in [0.1, 0.15) is 33.6 Å². The van der Waals surface area contributed by atoms with Gasteiger partial charge in [-0.1, -0.05) is 13.8 Å². The summed E-state index contributed by atoms with van der Waals surface area (Å²) in [7, 11) is 0. The normalized spacial score (nSPS) is 45.2. The molecule has 3 unspecified atom stereocenters. The summed E-state index contributed by atoms with van der Waals surface area (Å²) in [5, 5.41) is 0. The maximum atomic E-state index is 11.2. The van der Waals surface area contributed by atoms with E-state index in [2.05, 4.69) is 13.8 Å². The van der Waals surface area contributed by atoms with Gasteiger partial charge in [0.15, 0.2) is 0 Å². The second kappa shape index (κ2) is 1.88. The maximum absolute atomic E-state index is 11.2. The van der Waals surface area contributed by atoms with Crippen molar-refractivity contribution in [2.75, 3.05) is 0 Å². The fourth-order valence-corrected chi connectivity index (χ4v) is 3.13. The van der Waals surface area contributed by atoms with E-state index < -0.39 is 0 Å². The Morgan fingerprint density at radius 3 is 2.27 bits per heavy atom. The van der Waals surface area contributed by atoms with Crippen LogP contribution in [0.25, 0.3) is 0 Å². The third-order valence-corrected chi connectivity index (χ3v) is 3.88. The van der Waals surface area contributed by atoms with Crippen molar-refractivity contribution in [3.05, 3.63) is 0 Å². The number of Topliss-reactive ketones (excluding diaryl/α,β-unsaturated/α-hetero) is 1. The smallest absolute Gasteiger partial charge is 0.133 e. The Morgan fingerprint density at radius 1 is 1.36 bits per heavy atom. The summed E-state index contributed by atoms with van der Waals surface area (Å²) in [6.07, 6.45) is 2.45. The minimum absolute atomic E-state index is 0.412. The first-order valence-corrected chi connectivity index (χ1v) is 4.55. The summed E-state index contributed by atoms with van der Waals surface area (Å²) in [4.78, 5) is 11.2. The van der Waals surface area contributed by atoms with Crippen molar-refractivity contribution in [2.45, 2.75) is 33.6 Å². The zero-order chi connectivity index (χ0) is 8.22. The van der Waals surface area contributed by atoms with Crippen molar-refractivity contribution in [3.8, 4) is 0 Å². The Bertz CT molecular complexity index is 205. The third-order valence-electron chi connectivity index (χ3n) is 3.88. The molecule has 2 fully saturated rings. The summed E-state index contributed by atoms with van der Waals surface area (Å²) in [6.45, 7) is 6.36. The molecule has 0 N–H and O–H groups in total. The molecule has 0 amide bonds. The van der Waals surface area contributed by atoms with E-state index in [4.69, 9.17) is 0 Å². The number of ketones is 1.